The molecule has 0 bridgehead atoms. The van der Waals surface area contributed by atoms with Gasteiger partial charge in [0.2, 0.25) is 0 Å². The van der Waals surface area contributed by atoms with Crippen LogP contribution in [0.3, 0.4) is 0 Å². The Morgan fingerprint density at radius 2 is 1.85 bits per heavy atom. The summed E-state index contributed by atoms with van der Waals surface area (Å²) in [7, 11) is 0. The Kier molecular flexibility index (Phi) is 4.57. The van der Waals surface area contributed by atoms with E-state index in [1.54, 1.807) is 29.7 Å². The van der Waals surface area contributed by atoms with Crippen molar-refractivity contribution in [2.75, 3.05) is 0 Å². The number of aromatic nitrogens is 1. The van der Waals surface area contributed by atoms with Crippen molar-refractivity contribution in [1.29, 1.82) is 0 Å². The van der Waals surface area contributed by atoms with Crippen LogP contribution in [-0.4, -0.2) is 16.3 Å². The molecule has 5 heteroatoms. The molecule has 0 fully saturated rings. The molecule has 26 heavy (non-hydrogen) atoms. The number of phenolic OH excluding ortho intramolecular Hbond substituents is 1. The maximum Gasteiger partial charge on any atom is 0.124 e. The molecule has 0 aliphatic carbocycles. The fourth-order valence-corrected chi connectivity index (χ4v) is 3.95. The third kappa shape index (κ3) is 3.54. The van der Waals surface area contributed by atoms with Crippen LogP contribution in [0.1, 0.15) is 11.1 Å². The number of aryl methyl sites for hydroxylation is 1. The molecule has 1 N–H and O–H groups in total. The SMILES string of the molecule is Cc1ccc2sc(-c3ccc(N=Cc4cc(Br)ccc4O)cc3)nc2c1. The highest BCUT2D eigenvalue weighted by Crippen LogP contribution is 2.31. The minimum absolute atomic E-state index is 0.207. The van der Waals surface area contributed by atoms with Gasteiger partial charge >= 0.3 is 0 Å². The van der Waals surface area contributed by atoms with Gasteiger partial charge in [-0.15, -0.1) is 11.3 Å². The largest absolute Gasteiger partial charge is 0.507 e. The predicted molar refractivity (Wildman–Crippen MR) is 113 cm³/mol. The zero-order chi connectivity index (χ0) is 18.1. The van der Waals surface area contributed by atoms with Gasteiger partial charge in [-0.1, -0.05) is 22.0 Å². The number of hydrogen-bond donors (Lipinski definition) is 1. The van der Waals surface area contributed by atoms with E-state index in [9.17, 15) is 5.11 Å². The molecule has 0 saturated heterocycles. The molecule has 0 saturated carbocycles. The van der Waals surface area contributed by atoms with E-state index in [0.29, 0.717) is 5.56 Å². The fourth-order valence-electron chi connectivity index (χ4n) is 2.62. The molecule has 0 aliphatic heterocycles. The number of hydrogen-bond acceptors (Lipinski definition) is 4. The number of halogens is 1. The van der Waals surface area contributed by atoms with Crippen LogP contribution < -0.4 is 0 Å². The van der Waals surface area contributed by atoms with Gasteiger partial charge in [-0.3, -0.25) is 4.99 Å². The number of aliphatic imine (C=N–C) groups is 1. The number of rotatable bonds is 3. The lowest BCUT2D eigenvalue weighted by atomic mass is 10.2. The summed E-state index contributed by atoms with van der Waals surface area (Å²) >= 11 is 5.09. The molecular weight excluding hydrogens is 408 g/mol. The second-order valence-corrected chi connectivity index (χ2v) is 7.94. The Balaban J connectivity index is 1.59. The van der Waals surface area contributed by atoms with Gasteiger partial charge in [0.15, 0.2) is 0 Å². The molecule has 0 unspecified atom stereocenters. The minimum atomic E-state index is 0.207. The van der Waals surface area contributed by atoms with Crippen molar-refractivity contribution < 1.29 is 5.11 Å². The maximum absolute atomic E-state index is 9.88. The zero-order valence-corrected chi connectivity index (χ0v) is 16.4. The van der Waals surface area contributed by atoms with Crippen LogP contribution in [0, 0.1) is 6.92 Å². The topological polar surface area (TPSA) is 45.5 Å². The van der Waals surface area contributed by atoms with E-state index in [0.717, 1.165) is 26.2 Å². The molecule has 0 atom stereocenters. The normalized spacial score (nSPS) is 11.5. The van der Waals surface area contributed by atoms with Gasteiger partial charge in [0, 0.05) is 21.8 Å². The third-order valence-electron chi connectivity index (χ3n) is 4.00. The summed E-state index contributed by atoms with van der Waals surface area (Å²) < 4.78 is 2.09. The van der Waals surface area contributed by atoms with E-state index in [1.807, 2.05) is 30.3 Å². The van der Waals surface area contributed by atoms with Crippen LogP contribution in [0.5, 0.6) is 5.75 Å². The number of nitrogens with zero attached hydrogens (tertiary/aromatic N) is 2. The third-order valence-corrected chi connectivity index (χ3v) is 5.58. The molecule has 1 aromatic heterocycles. The second kappa shape index (κ2) is 7.02. The van der Waals surface area contributed by atoms with E-state index in [4.69, 9.17) is 4.98 Å². The lowest BCUT2D eigenvalue weighted by molar-refractivity contribution is 0.474. The Hall–Kier alpha value is -2.50. The highest BCUT2D eigenvalue weighted by molar-refractivity contribution is 9.10. The molecule has 1 heterocycles. The molecular formula is C21H15BrN2OS. The molecule has 3 aromatic carbocycles. The van der Waals surface area contributed by atoms with Gasteiger partial charge in [0.25, 0.3) is 0 Å². The van der Waals surface area contributed by atoms with Crippen molar-refractivity contribution in [2.45, 2.75) is 6.92 Å². The number of aromatic hydroxyl groups is 1. The van der Waals surface area contributed by atoms with E-state index >= 15 is 0 Å². The van der Waals surface area contributed by atoms with Gasteiger partial charge in [-0.2, -0.15) is 0 Å². The fraction of sp³-hybridized carbons (Fsp3) is 0.0476. The lowest BCUT2D eigenvalue weighted by Gasteiger charge is -2.00. The molecule has 0 radical (unpaired) electrons. The Morgan fingerprint density at radius 1 is 1.04 bits per heavy atom. The molecule has 0 spiro atoms. The number of thiazole rings is 1. The second-order valence-electron chi connectivity index (χ2n) is 6.00. The summed E-state index contributed by atoms with van der Waals surface area (Å²) in [6, 6.07) is 19.6. The quantitative estimate of drug-likeness (QED) is 0.383. The van der Waals surface area contributed by atoms with E-state index in [2.05, 4.69) is 46.0 Å². The summed E-state index contributed by atoms with van der Waals surface area (Å²) in [5.41, 5.74) is 4.83. The van der Waals surface area contributed by atoms with Crippen LogP contribution >= 0.6 is 27.3 Å². The first-order valence-corrected chi connectivity index (χ1v) is 9.70. The lowest BCUT2D eigenvalue weighted by Crippen LogP contribution is -1.82. The van der Waals surface area contributed by atoms with Crippen LogP contribution in [0.15, 0.2) is 70.1 Å². The molecule has 0 aliphatic rings. The highest BCUT2D eigenvalue weighted by Gasteiger charge is 2.06. The van der Waals surface area contributed by atoms with E-state index in [-0.39, 0.29) is 5.75 Å². The molecule has 0 amide bonds. The summed E-state index contributed by atoms with van der Waals surface area (Å²) in [4.78, 5) is 9.17. The van der Waals surface area contributed by atoms with Crippen molar-refractivity contribution >= 4 is 49.4 Å². The summed E-state index contributed by atoms with van der Waals surface area (Å²) in [6.07, 6.45) is 1.66. The Morgan fingerprint density at radius 3 is 2.65 bits per heavy atom. The van der Waals surface area contributed by atoms with E-state index < -0.39 is 0 Å². The first-order valence-electron chi connectivity index (χ1n) is 8.09. The average molecular weight is 423 g/mol. The van der Waals surface area contributed by atoms with Crippen molar-refractivity contribution in [3.63, 3.8) is 0 Å². The average Bonchev–Trinajstić information content (AvgIpc) is 3.06. The van der Waals surface area contributed by atoms with Crippen LogP contribution in [0.25, 0.3) is 20.8 Å². The minimum Gasteiger partial charge on any atom is -0.507 e. The van der Waals surface area contributed by atoms with Gasteiger partial charge < -0.3 is 5.11 Å². The van der Waals surface area contributed by atoms with Crippen LogP contribution in [0.4, 0.5) is 5.69 Å². The highest BCUT2D eigenvalue weighted by atomic mass is 79.9. The van der Waals surface area contributed by atoms with Gasteiger partial charge in [-0.05, 0) is 67.1 Å². The zero-order valence-electron chi connectivity index (χ0n) is 14.0. The van der Waals surface area contributed by atoms with Crippen molar-refractivity contribution in [2.24, 2.45) is 4.99 Å². The first kappa shape index (κ1) is 16.9. The number of phenols is 1. The van der Waals surface area contributed by atoms with Crippen molar-refractivity contribution in [3.8, 4) is 16.3 Å². The van der Waals surface area contributed by atoms with Crippen molar-refractivity contribution in [1.82, 2.24) is 4.98 Å². The molecule has 4 aromatic rings. The number of fused-ring (bicyclic) bond motifs is 1. The van der Waals surface area contributed by atoms with Gasteiger partial charge in [0.05, 0.1) is 15.9 Å². The number of benzene rings is 3. The standard InChI is InChI=1S/C21H15BrN2OS/c1-13-2-9-20-18(10-13)24-21(26-20)14-3-6-17(7-4-14)23-12-15-11-16(22)5-8-19(15)25/h2-12,25H,1H3. The molecule has 4 rings (SSSR count). The van der Waals surface area contributed by atoms with Gasteiger partial charge in [0.1, 0.15) is 10.8 Å². The molecule has 128 valence electrons. The summed E-state index contributed by atoms with van der Waals surface area (Å²) in [5, 5.41) is 10.9. The van der Waals surface area contributed by atoms with E-state index in [1.165, 1.54) is 10.3 Å². The summed E-state index contributed by atoms with van der Waals surface area (Å²) in [5.74, 6) is 0.207. The van der Waals surface area contributed by atoms with Gasteiger partial charge in [-0.25, -0.2) is 4.98 Å². The maximum atomic E-state index is 9.88. The summed E-state index contributed by atoms with van der Waals surface area (Å²) in [6.45, 7) is 2.08. The van der Waals surface area contributed by atoms with Crippen LogP contribution in [0.2, 0.25) is 0 Å². The first-order chi connectivity index (χ1) is 12.6. The monoisotopic (exact) mass is 422 g/mol. The van der Waals surface area contributed by atoms with Crippen LogP contribution in [-0.2, 0) is 0 Å². The molecule has 3 nitrogen and oxygen atoms in total. The van der Waals surface area contributed by atoms with Crippen molar-refractivity contribution in [3.05, 3.63) is 76.3 Å². The predicted octanol–water partition coefficient (Wildman–Crippen LogP) is 6.49. The Labute approximate surface area is 163 Å². The Bertz CT molecular complexity index is 1120. The smallest absolute Gasteiger partial charge is 0.124 e.